The summed E-state index contributed by atoms with van der Waals surface area (Å²) in [5.41, 5.74) is 0.931. The van der Waals surface area contributed by atoms with Crippen molar-refractivity contribution in [3.63, 3.8) is 0 Å². The summed E-state index contributed by atoms with van der Waals surface area (Å²) in [7, 11) is 0. The SMILES string of the molecule is Cc1nc2n(n1)CC(=O)N[C@H](C)C(=O)N[C@@H](C(C)C)CN(C(=O)COc1ccc(Cl)cc1)CC(=O)N[C@H]2Cc1ccccc1. The summed E-state index contributed by atoms with van der Waals surface area (Å²) in [5, 5.41) is 13.6. The van der Waals surface area contributed by atoms with Crippen LogP contribution in [0.15, 0.2) is 54.6 Å². The minimum atomic E-state index is -0.862. The van der Waals surface area contributed by atoms with Gasteiger partial charge in [-0.2, -0.15) is 5.10 Å². The first-order valence-electron chi connectivity index (χ1n) is 14.5. The molecule has 0 bridgehead atoms. The summed E-state index contributed by atoms with van der Waals surface area (Å²) in [4.78, 5) is 59.2. The van der Waals surface area contributed by atoms with E-state index in [2.05, 4.69) is 26.0 Å². The zero-order chi connectivity index (χ0) is 31.8. The first-order valence-corrected chi connectivity index (χ1v) is 14.9. The van der Waals surface area contributed by atoms with E-state index in [0.717, 1.165) is 5.56 Å². The summed E-state index contributed by atoms with van der Waals surface area (Å²) in [5.74, 6) is -0.598. The maximum atomic E-state index is 13.6. The molecule has 0 saturated heterocycles. The second-order valence-corrected chi connectivity index (χ2v) is 11.6. The standard InChI is InChI=1S/C31H38ClN7O5/c1-19(2)26-15-38(29(42)18-44-24-12-10-23(32)11-13-24)16-27(40)35-25(14-22-8-6-5-7-9-22)30-34-21(4)37-39(30)17-28(41)33-20(3)31(43)36-26/h5-13,19-20,25-26H,14-18H2,1-4H3,(H,33,41)(H,35,40)(H,36,43)/t20-,25+,26-/m1/s1. The van der Waals surface area contributed by atoms with E-state index in [1.165, 1.54) is 9.58 Å². The average Bonchev–Trinajstić information content (AvgIpc) is 3.34. The van der Waals surface area contributed by atoms with Crippen molar-refractivity contribution in [2.75, 3.05) is 19.7 Å². The van der Waals surface area contributed by atoms with Crippen molar-refractivity contribution in [2.24, 2.45) is 5.92 Å². The second kappa shape index (κ2) is 14.8. The van der Waals surface area contributed by atoms with Crippen molar-refractivity contribution in [3.8, 4) is 5.75 Å². The lowest BCUT2D eigenvalue weighted by Gasteiger charge is -2.31. The highest BCUT2D eigenvalue weighted by molar-refractivity contribution is 6.30. The number of benzene rings is 2. The lowest BCUT2D eigenvalue weighted by Crippen LogP contribution is -2.55. The fraction of sp³-hybridized carbons (Fsp3) is 0.419. The third-order valence-corrected chi connectivity index (χ3v) is 7.46. The van der Waals surface area contributed by atoms with Gasteiger partial charge in [-0.15, -0.1) is 0 Å². The van der Waals surface area contributed by atoms with Gasteiger partial charge in [0.05, 0.1) is 12.6 Å². The molecular formula is C31H38ClN7O5. The van der Waals surface area contributed by atoms with E-state index >= 15 is 0 Å². The third-order valence-electron chi connectivity index (χ3n) is 7.21. The van der Waals surface area contributed by atoms with Crippen molar-refractivity contribution in [2.45, 2.75) is 58.8 Å². The van der Waals surface area contributed by atoms with E-state index in [4.69, 9.17) is 16.3 Å². The normalized spacial score (nSPS) is 20.1. The van der Waals surface area contributed by atoms with Gasteiger partial charge in [0.1, 0.15) is 24.2 Å². The van der Waals surface area contributed by atoms with Gasteiger partial charge < -0.3 is 25.6 Å². The van der Waals surface area contributed by atoms with Crippen LogP contribution in [0.25, 0.3) is 0 Å². The Kier molecular flexibility index (Phi) is 10.9. The van der Waals surface area contributed by atoms with E-state index in [-0.39, 0.29) is 32.2 Å². The van der Waals surface area contributed by atoms with Crippen LogP contribution in [0.1, 0.15) is 44.0 Å². The number of aryl methyl sites for hydroxylation is 1. The Morgan fingerprint density at radius 3 is 2.36 bits per heavy atom. The van der Waals surface area contributed by atoms with E-state index < -0.39 is 41.8 Å². The van der Waals surface area contributed by atoms with Gasteiger partial charge in [0.2, 0.25) is 17.7 Å². The van der Waals surface area contributed by atoms with Crippen LogP contribution < -0.4 is 20.7 Å². The third kappa shape index (κ3) is 9.03. The highest BCUT2D eigenvalue weighted by Gasteiger charge is 2.30. The van der Waals surface area contributed by atoms with Crippen LogP contribution >= 0.6 is 11.6 Å². The van der Waals surface area contributed by atoms with Crippen LogP contribution in [-0.2, 0) is 32.1 Å². The van der Waals surface area contributed by atoms with Crippen molar-refractivity contribution < 1.29 is 23.9 Å². The molecule has 1 aromatic heterocycles. The van der Waals surface area contributed by atoms with Gasteiger partial charge >= 0.3 is 0 Å². The summed E-state index contributed by atoms with van der Waals surface area (Å²) in [6.07, 6.45) is 0.366. The zero-order valence-corrected chi connectivity index (χ0v) is 26.0. The maximum absolute atomic E-state index is 13.6. The lowest BCUT2D eigenvalue weighted by molar-refractivity contribution is -0.139. The highest BCUT2D eigenvalue weighted by Crippen LogP contribution is 2.19. The number of rotatable bonds is 6. The number of fused-ring (bicyclic) bond motifs is 1. The van der Waals surface area contributed by atoms with E-state index in [0.29, 0.717) is 28.8 Å². The smallest absolute Gasteiger partial charge is 0.261 e. The predicted octanol–water partition coefficient (Wildman–Crippen LogP) is 2.21. The Morgan fingerprint density at radius 2 is 1.68 bits per heavy atom. The molecule has 12 nitrogen and oxygen atoms in total. The second-order valence-electron chi connectivity index (χ2n) is 11.1. The molecule has 0 unspecified atom stereocenters. The number of carbonyl (C=O) groups is 4. The van der Waals surface area contributed by atoms with Crippen molar-refractivity contribution >= 4 is 35.2 Å². The minimum Gasteiger partial charge on any atom is -0.484 e. The van der Waals surface area contributed by atoms with Crippen LogP contribution in [-0.4, -0.2) is 75.1 Å². The molecule has 4 amide bonds. The first-order chi connectivity index (χ1) is 21.0. The van der Waals surface area contributed by atoms with Gasteiger partial charge in [0.15, 0.2) is 12.4 Å². The van der Waals surface area contributed by atoms with E-state index in [1.807, 2.05) is 44.2 Å². The van der Waals surface area contributed by atoms with Crippen molar-refractivity contribution in [1.82, 2.24) is 35.6 Å². The van der Waals surface area contributed by atoms with E-state index in [9.17, 15) is 19.2 Å². The largest absolute Gasteiger partial charge is 0.484 e. The molecule has 2 heterocycles. The Hall–Kier alpha value is -4.45. The topological polar surface area (TPSA) is 148 Å². The summed E-state index contributed by atoms with van der Waals surface area (Å²) < 4.78 is 7.13. The number of nitrogens with one attached hydrogen (secondary N) is 3. The molecule has 3 aromatic rings. The Labute approximate surface area is 261 Å². The number of hydrogen-bond acceptors (Lipinski definition) is 7. The number of hydrogen-bond donors (Lipinski definition) is 3. The summed E-state index contributed by atoms with van der Waals surface area (Å²) in [6, 6.07) is 14.1. The summed E-state index contributed by atoms with van der Waals surface area (Å²) >= 11 is 5.96. The van der Waals surface area contributed by atoms with Crippen molar-refractivity contribution in [3.05, 3.63) is 76.8 Å². The Balaban J connectivity index is 1.66. The zero-order valence-electron chi connectivity index (χ0n) is 25.2. The van der Waals surface area contributed by atoms with Gasteiger partial charge in [-0.1, -0.05) is 55.8 Å². The quantitative estimate of drug-likeness (QED) is 0.381. The highest BCUT2D eigenvalue weighted by atomic mass is 35.5. The number of aromatic nitrogens is 3. The number of amides is 4. The number of halogens is 1. The van der Waals surface area contributed by atoms with E-state index in [1.54, 1.807) is 38.1 Å². The van der Waals surface area contributed by atoms with Crippen LogP contribution in [0, 0.1) is 12.8 Å². The maximum Gasteiger partial charge on any atom is 0.261 e. The molecule has 44 heavy (non-hydrogen) atoms. The molecule has 3 atom stereocenters. The summed E-state index contributed by atoms with van der Waals surface area (Å²) in [6.45, 7) is 6.29. The molecule has 0 saturated carbocycles. The van der Waals surface area contributed by atoms with Gasteiger partial charge in [-0.25, -0.2) is 9.67 Å². The molecule has 1 aliphatic heterocycles. The fourth-order valence-corrected chi connectivity index (χ4v) is 4.92. The number of ether oxygens (including phenoxy) is 1. The predicted molar refractivity (Wildman–Crippen MR) is 164 cm³/mol. The number of carbonyl (C=O) groups excluding carboxylic acids is 4. The molecule has 13 heteroatoms. The molecule has 0 aliphatic carbocycles. The van der Waals surface area contributed by atoms with Crippen molar-refractivity contribution in [1.29, 1.82) is 0 Å². The molecule has 0 spiro atoms. The molecule has 234 valence electrons. The first kappa shape index (κ1) is 32.5. The molecule has 0 fully saturated rings. The molecule has 0 radical (unpaired) electrons. The minimum absolute atomic E-state index is 0.0406. The van der Waals surface area contributed by atoms with Crippen LogP contribution in [0.3, 0.4) is 0 Å². The lowest BCUT2D eigenvalue weighted by atomic mass is 10.0. The average molecular weight is 624 g/mol. The van der Waals surface area contributed by atoms with Gasteiger partial charge in [-0.05, 0) is 56.0 Å². The fourth-order valence-electron chi connectivity index (χ4n) is 4.79. The molecule has 1 aliphatic rings. The molecular weight excluding hydrogens is 586 g/mol. The van der Waals surface area contributed by atoms with Gasteiger partial charge in [0.25, 0.3) is 5.91 Å². The molecule has 2 aromatic carbocycles. The van der Waals surface area contributed by atoms with Crippen LogP contribution in [0.4, 0.5) is 0 Å². The Bertz CT molecular complexity index is 1460. The van der Waals surface area contributed by atoms with Crippen LogP contribution in [0.5, 0.6) is 5.75 Å². The monoisotopic (exact) mass is 623 g/mol. The molecule has 3 N–H and O–H groups in total. The van der Waals surface area contributed by atoms with Gasteiger partial charge in [-0.3, -0.25) is 19.2 Å². The van der Waals surface area contributed by atoms with Gasteiger partial charge in [0, 0.05) is 17.6 Å². The Morgan fingerprint density at radius 1 is 1.00 bits per heavy atom. The van der Waals surface area contributed by atoms with Crippen LogP contribution in [0.2, 0.25) is 5.02 Å². The number of nitrogens with zero attached hydrogens (tertiary/aromatic N) is 4. The molecule has 4 rings (SSSR count).